The maximum Gasteiger partial charge on any atom is 0.249 e. The van der Waals surface area contributed by atoms with Crippen molar-refractivity contribution in [1.82, 2.24) is 5.43 Å². The molecule has 28 heavy (non-hydrogen) atoms. The number of halogens is 1. The monoisotopic (exact) mass is 445 g/mol. The number of rotatable bonds is 9. The van der Waals surface area contributed by atoms with Crippen LogP contribution in [0.25, 0.3) is 0 Å². The molecule has 0 aliphatic carbocycles. The molecule has 0 bridgehead atoms. The van der Waals surface area contributed by atoms with Crippen LogP contribution in [0.1, 0.15) is 37.3 Å². The molecule has 2 aromatic carbocycles. The van der Waals surface area contributed by atoms with Crippen molar-refractivity contribution in [2.24, 2.45) is 5.10 Å². The second kappa shape index (κ2) is 11.2. The average Bonchev–Trinajstić information content (AvgIpc) is 2.65. The quantitative estimate of drug-likeness (QED) is 0.259. The summed E-state index contributed by atoms with van der Waals surface area (Å²) in [6.45, 7) is 4.67. The minimum absolute atomic E-state index is 0.306. The Morgan fingerprint density at radius 2 is 1.96 bits per heavy atom. The highest BCUT2D eigenvalue weighted by atomic mass is 79.9. The van der Waals surface area contributed by atoms with Crippen LogP contribution in [-0.2, 0) is 9.59 Å². The lowest BCUT2D eigenvalue weighted by molar-refractivity contribution is -0.126. The second-order valence-electron chi connectivity index (χ2n) is 6.22. The van der Waals surface area contributed by atoms with Crippen molar-refractivity contribution in [2.75, 3.05) is 11.9 Å². The van der Waals surface area contributed by atoms with E-state index in [1.165, 1.54) is 6.21 Å². The number of para-hydroxylation sites is 1. The molecule has 0 saturated heterocycles. The number of unbranched alkanes of at least 4 members (excludes halogenated alkanes) is 1. The maximum atomic E-state index is 12.0. The molecule has 2 aromatic rings. The maximum absolute atomic E-state index is 12.0. The predicted molar refractivity (Wildman–Crippen MR) is 115 cm³/mol. The Bertz CT molecular complexity index is 853. The van der Waals surface area contributed by atoms with E-state index in [0.717, 1.165) is 34.2 Å². The molecule has 2 rings (SSSR count). The van der Waals surface area contributed by atoms with Crippen molar-refractivity contribution in [1.29, 1.82) is 0 Å². The topological polar surface area (TPSA) is 79.8 Å². The molecule has 2 amide bonds. The molecule has 0 unspecified atom stereocenters. The minimum atomic E-state index is -0.485. The molecule has 0 spiro atoms. The van der Waals surface area contributed by atoms with Crippen LogP contribution in [0.3, 0.4) is 0 Å². The van der Waals surface area contributed by atoms with Gasteiger partial charge in [-0.1, -0.05) is 31.5 Å². The van der Waals surface area contributed by atoms with E-state index >= 15 is 0 Å². The molecule has 148 valence electrons. The molecule has 0 atom stereocenters. The van der Waals surface area contributed by atoms with E-state index in [2.05, 4.69) is 38.7 Å². The Morgan fingerprint density at radius 3 is 2.68 bits per heavy atom. The lowest BCUT2D eigenvalue weighted by Gasteiger charge is -2.08. The lowest BCUT2D eigenvalue weighted by atomic mass is 10.2. The summed E-state index contributed by atoms with van der Waals surface area (Å²) in [5.74, 6) is -0.109. The molecule has 0 saturated carbocycles. The Morgan fingerprint density at radius 1 is 1.18 bits per heavy atom. The smallest absolute Gasteiger partial charge is 0.249 e. The Hall–Kier alpha value is -2.67. The third-order valence-corrected chi connectivity index (χ3v) is 4.47. The van der Waals surface area contributed by atoms with E-state index in [0.29, 0.717) is 12.3 Å². The van der Waals surface area contributed by atoms with Gasteiger partial charge in [-0.15, -0.1) is 0 Å². The van der Waals surface area contributed by atoms with Crippen LogP contribution < -0.4 is 15.5 Å². The number of aryl methyl sites for hydroxylation is 1. The van der Waals surface area contributed by atoms with Crippen LogP contribution in [0, 0.1) is 6.92 Å². The number of nitrogens with zero attached hydrogens (tertiary/aromatic N) is 1. The molecule has 7 heteroatoms. The summed E-state index contributed by atoms with van der Waals surface area (Å²) < 4.78 is 6.49. The molecule has 0 aliphatic rings. The number of nitrogens with one attached hydrogen (secondary N) is 2. The molecule has 6 nitrogen and oxygen atoms in total. The summed E-state index contributed by atoms with van der Waals surface area (Å²) in [5, 5.41) is 6.61. The first-order chi connectivity index (χ1) is 13.5. The summed E-state index contributed by atoms with van der Waals surface area (Å²) in [4.78, 5) is 23.8. The first kappa shape index (κ1) is 21.6. The van der Waals surface area contributed by atoms with Gasteiger partial charge in [-0.2, -0.15) is 5.10 Å². The second-order valence-corrected chi connectivity index (χ2v) is 7.08. The SMILES string of the molecule is CCCCOc1ccc(C=NNC(=O)CC(=O)Nc2ccccc2C)cc1Br. The summed E-state index contributed by atoms with van der Waals surface area (Å²) in [5.41, 5.74) is 4.77. The number of carbonyl (C=O) groups excluding carboxylic acids is 2. The van der Waals surface area contributed by atoms with Gasteiger partial charge in [0, 0.05) is 5.69 Å². The molecule has 0 radical (unpaired) electrons. The van der Waals surface area contributed by atoms with Gasteiger partial charge in [0.15, 0.2) is 0 Å². The number of hydrogen-bond acceptors (Lipinski definition) is 4. The molecule has 0 aliphatic heterocycles. The van der Waals surface area contributed by atoms with Gasteiger partial charge >= 0.3 is 0 Å². The van der Waals surface area contributed by atoms with E-state index in [1.54, 1.807) is 6.07 Å². The predicted octanol–water partition coefficient (Wildman–Crippen LogP) is 4.42. The van der Waals surface area contributed by atoms with Gasteiger partial charge in [-0.3, -0.25) is 9.59 Å². The highest BCUT2D eigenvalue weighted by Crippen LogP contribution is 2.25. The summed E-state index contributed by atoms with van der Waals surface area (Å²) in [6.07, 6.45) is 3.28. The van der Waals surface area contributed by atoms with E-state index in [9.17, 15) is 9.59 Å². The number of hydrazone groups is 1. The number of ether oxygens (including phenoxy) is 1. The number of carbonyl (C=O) groups is 2. The Kier molecular flexibility index (Phi) is 8.68. The van der Waals surface area contributed by atoms with Crippen LogP contribution in [0.2, 0.25) is 0 Å². The average molecular weight is 446 g/mol. The fraction of sp³-hybridized carbons (Fsp3) is 0.286. The highest BCUT2D eigenvalue weighted by molar-refractivity contribution is 9.10. The standard InChI is InChI=1S/C21H24BrN3O3/c1-3-4-11-28-19-10-9-16(12-17(19)22)14-23-25-21(27)13-20(26)24-18-8-6-5-7-15(18)2/h5-10,12,14H,3-4,11,13H2,1-2H3,(H,24,26)(H,25,27). The van der Waals surface area contributed by atoms with Crippen molar-refractivity contribution in [3.63, 3.8) is 0 Å². The molecular weight excluding hydrogens is 422 g/mol. The third kappa shape index (κ3) is 7.15. The van der Waals surface area contributed by atoms with Crippen LogP contribution >= 0.6 is 15.9 Å². The number of anilines is 1. The van der Waals surface area contributed by atoms with Gasteiger partial charge in [-0.25, -0.2) is 5.43 Å². The van der Waals surface area contributed by atoms with Crippen molar-refractivity contribution in [3.8, 4) is 5.75 Å². The zero-order valence-corrected chi connectivity index (χ0v) is 17.6. The number of hydrogen-bond donors (Lipinski definition) is 2. The molecule has 0 aromatic heterocycles. The minimum Gasteiger partial charge on any atom is -0.492 e. The van der Waals surface area contributed by atoms with Gasteiger partial charge in [0.1, 0.15) is 12.2 Å². The lowest BCUT2D eigenvalue weighted by Crippen LogP contribution is -2.24. The molecule has 2 N–H and O–H groups in total. The van der Waals surface area contributed by atoms with E-state index < -0.39 is 11.8 Å². The fourth-order valence-electron chi connectivity index (χ4n) is 2.31. The summed E-state index contributed by atoms with van der Waals surface area (Å²) >= 11 is 3.46. The first-order valence-corrected chi connectivity index (χ1v) is 9.88. The van der Waals surface area contributed by atoms with Crippen molar-refractivity contribution in [3.05, 3.63) is 58.1 Å². The summed E-state index contributed by atoms with van der Waals surface area (Å²) in [6, 6.07) is 12.9. The molecular formula is C21H24BrN3O3. The van der Waals surface area contributed by atoms with Crippen molar-refractivity contribution < 1.29 is 14.3 Å². The zero-order valence-electron chi connectivity index (χ0n) is 16.0. The Labute approximate surface area is 173 Å². The molecule has 0 fully saturated rings. The van der Waals surface area contributed by atoms with Crippen molar-refractivity contribution in [2.45, 2.75) is 33.1 Å². The summed E-state index contributed by atoms with van der Waals surface area (Å²) in [7, 11) is 0. The van der Waals surface area contributed by atoms with Gasteiger partial charge in [0.05, 0.1) is 17.3 Å². The normalized spacial score (nSPS) is 10.7. The molecule has 0 heterocycles. The van der Waals surface area contributed by atoms with E-state index in [1.807, 2.05) is 43.3 Å². The van der Waals surface area contributed by atoms with Gasteiger partial charge in [-0.05, 0) is 64.7 Å². The first-order valence-electron chi connectivity index (χ1n) is 9.09. The Balaban J connectivity index is 1.81. The van der Waals surface area contributed by atoms with Crippen LogP contribution in [0.4, 0.5) is 5.69 Å². The van der Waals surface area contributed by atoms with Crippen LogP contribution in [-0.4, -0.2) is 24.6 Å². The number of benzene rings is 2. The van der Waals surface area contributed by atoms with Crippen molar-refractivity contribution >= 4 is 39.6 Å². The highest BCUT2D eigenvalue weighted by Gasteiger charge is 2.10. The van der Waals surface area contributed by atoms with Gasteiger partial charge in [0.2, 0.25) is 11.8 Å². The van der Waals surface area contributed by atoms with Gasteiger partial charge in [0.25, 0.3) is 0 Å². The van der Waals surface area contributed by atoms with Crippen LogP contribution in [0.15, 0.2) is 52.0 Å². The van der Waals surface area contributed by atoms with Crippen LogP contribution in [0.5, 0.6) is 5.75 Å². The van der Waals surface area contributed by atoms with E-state index in [4.69, 9.17) is 4.74 Å². The van der Waals surface area contributed by atoms with E-state index in [-0.39, 0.29) is 6.42 Å². The van der Waals surface area contributed by atoms with Gasteiger partial charge < -0.3 is 10.1 Å². The number of amides is 2. The zero-order chi connectivity index (χ0) is 20.4. The fourth-order valence-corrected chi connectivity index (χ4v) is 2.82. The largest absolute Gasteiger partial charge is 0.492 e. The third-order valence-electron chi connectivity index (χ3n) is 3.85.